The van der Waals surface area contributed by atoms with Gasteiger partial charge in [-0.2, -0.15) is 0 Å². The normalized spacial score (nSPS) is 9.82. The van der Waals surface area contributed by atoms with Crippen molar-refractivity contribution < 1.29 is 9.13 Å². The van der Waals surface area contributed by atoms with Crippen LogP contribution < -0.4 is 4.74 Å². The van der Waals surface area contributed by atoms with Crippen molar-refractivity contribution in [3.8, 4) is 5.75 Å². The Morgan fingerprint density at radius 2 is 2.18 bits per heavy atom. The van der Waals surface area contributed by atoms with Gasteiger partial charge in [0.1, 0.15) is 11.6 Å². The van der Waals surface area contributed by atoms with Crippen molar-refractivity contribution >= 4 is 27.5 Å². The summed E-state index contributed by atoms with van der Waals surface area (Å²) < 4.78 is 17.9. The van der Waals surface area contributed by atoms with Crippen molar-refractivity contribution in [2.45, 2.75) is 0 Å². The van der Waals surface area contributed by atoms with Gasteiger partial charge in [-0.25, -0.2) is 4.39 Å². The van der Waals surface area contributed by atoms with E-state index in [4.69, 9.17) is 16.3 Å². The minimum absolute atomic E-state index is 0.296. The third kappa shape index (κ3) is 1.84. The van der Waals surface area contributed by atoms with Crippen LogP contribution in [0.5, 0.6) is 5.75 Å². The summed E-state index contributed by atoms with van der Waals surface area (Å²) in [6.07, 6.45) is 0. The first-order chi connectivity index (χ1) is 5.15. The predicted molar refractivity (Wildman–Crippen MR) is 45.7 cm³/mol. The van der Waals surface area contributed by atoms with Gasteiger partial charge in [0.05, 0.1) is 11.6 Å². The minimum atomic E-state index is -0.422. The van der Waals surface area contributed by atoms with Crippen LogP contribution in [0.25, 0.3) is 0 Å². The molecule has 4 heteroatoms. The van der Waals surface area contributed by atoms with Crippen LogP contribution in [0.2, 0.25) is 5.02 Å². The molecule has 0 atom stereocenters. The van der Waals surface area contributed by atoms with E-state index in [1.165, 1.54) is 19.2 Å². The molecule has 0 unspecified atom stereocenters. The molecule has 0 aromatic heterocycles. The summed E-state index contributed by atoms with van der Waals surface area (Å²) in [6, 6.07) is 2.75. The van der Waals surface area contributed by atoms with E-state index < -0.39 is 5.82 Å². The van der Waals surface area contributed by atoms with E-state index in [2.05, 4.69) is 15.9 Å². The Hall–Kier alpha value is -0.280. The van der Waals surface area contributed by atoms with E-state index >= 15 is 0 Å². The Morgan fingerprint density at radius 1 is 1.55 bits per heavy atom. The number of hydrogen-bond donors (Lipinski definition) is 0. The zero-order chi connectivity index (χ0) is 8.43. The molecule has 0 heterocycles. The van der Waals surface area contributed by atoms with Gasteiger partial charge in [0, 0.05) is 11.1 Å². The fourth-order valence-corrected chi connectivity index (χ4v) is 1.27. The van der Waals surface area contributed by atoms with Crippen molar-refractivity contribution in [3.63, 3.8) is 0 Å². The summed E-state index contributed by atoms with van der Waals surface area (Å²) in [7, 11) is 1.45. The highest BCUT2D eigenvalue weighted by molar-refractivity contribution is 9.10. The molecule has 0 aliphatic rings. The van der Waals surface area contributed by atoms with Crippen LogP contribution in [0.3, 0.4) is 0 Å². The molecule has 0 bridgehead atoms. The molecule has 0 aliphatic heterocycles. The van der Waals surface area contributed by atoms with Crippen molar-refractivity contribution in [3.05, 3.63) is 27.4 Å². The highest BCUT2D eigenvalue weighted by Crippen LogP contribution is 2.30. The van der Waals surface area contributed by atoms with E-state index in [1.54, 1.807) is 0 Å². The third-order valence-electron chi connectivity index (χ3n) is 1.18. The topological polar surface area (TPSA) is 9.23 Å². The first kappa shape index (κ1) is 8.81. The molecular weight excluding hydrogens is 234 g/mol. The van der Waals surface area contributed by atoms with Gasteiger partial charge in [0.15, 0.2) is 0 Å². The highest BCUT2D eigenvalue weighted by atomic mass is 79.9. The van der Waals surface area contributed by atoms with Gasteiger partial charge in [-0.15, -0.1) is 0 Å². The fourth-order valence-electron chi connectivity index (χ4n) is 0.681. The van der Waals surface area contributed by atoms with E-state index in [1.807, 2.05) is 0 Å². The summed E-state index contributed by atoms with van der Waals surface area (Å²) in [4.78, 5) is 0. The van der Waals surface area contributed by atoms with E-state index in [9.17, 15) is 4.39 Å². The average molecular weight is 239 g/mol. The lowest BCUT2D eigenvalue weighted by molar-refractivity contribution is 0.408. The van der Waals surface area contributed by atoms with Crippen molar-refractivity contribution in [2.75, 3.05) is 7.11 Å². The highest BCUT2D eigenvalue weighted by Gasteiger charge is 2.06. The van der Waals surface area contributed by atoms with Crippen LogP contribution in [0.1, 0.15) is 0 Å². The number of ether oxygens (including phenoxy) is 1. The van der Waals surface area contributed by atoms with Gasteiger partial charge < -0.3 is 4.74 Å². The monoisotopic (exact) mass is 238 g/mol. The molecule has 0 radical (unpaired) electrons. The second kappa shape index (κ2) is 3.41. The van der Waals surface area contributed by atoms with Crippen molar-refractivity contribution in [1.82, 2.24) is 0 Å². The largest absolute Gasteiger partial charge is 0.495 e. The molecule has 0 amide bonds. The summed E-state index contributed by atoms with van der Waals surface area (Å²) in [6.45, 7) is 0. The van der Waals surface area contributed by atoms with Gasteiger partial charge in [-0.1, -0.05) is 11.6 Å². The number of methoxy groups -OCH3 is 1. The quantitative estimate of drug-likeness (QED) is 0.684. The van der Waals surface area contributed by atoms with Gasteiger partial charge >= 0.3 is 0 Å². The third-order valence-corrected chi connectivity index (χ3v) is 2.17. The Balaban J connectivity index is 3.24. The molecule has 1 aromatic carbocycles. The summed E-state index contributed by atoms with van der Waals surface area (Å²) in [5.74, 6) is -0.0237. The predicted octanol–water partition coefficient (Wildman–Crippen LogP) is 3.25. The zero-order valence-corrected chi connectivity index (χ0v) is 8.04. The first-order valence-corrected chi connectivity index (χ1v) is 4.00. The van der Waals surface area contributed by atoms with Crippen molar-refractivity contribution in [2.24, 2.45) is 0 Å². The molecule has 0 aliphatic carbocycles. The number of hydrogen-bond acceptors (Lipinski definition) is 1. The zero-order valence-electron chi connectivity index (χ0n) is 5.70. The van der Waals surface area contributed by atoms with E-state index in [0.717, 1.165) is 0 Å². The maximum atomic E-state index is 12.8. The average Bonchev–Trinajstić information content (AvgIpc) is 1.96. The first-order valence-electron chi connectivity index (χ1n) is 2.83. The number of benzene rings is 1. The SMILES string of the molecule is COc1cc(Cl)cc(F)c1Br. The summed E-state index contributed by atoms with van der Waals surface area (Å²) in [5.41, 5.74) is 0. The number of rotatable bonds is 1. The minimum Gasteiger partial charge on any atom is -0.495 e. The Bertz CT molecular complexity index is 277. The molecule has 1 rings (SSSR count). The molecule has 11 heavy (non-hydrogen) atoms. The molecule has 0 fully saturated rings. The summed E-state index contributed by atoms with van der Waals surface area (Å²) in [5, 5.41) is 0.322. The number of halogens is 3. The molecule has 60 valence electrons. The van der Waals surface area contributed by atoms with Crippen LogP contribution in [0, 0.1) is 5.82 Å². The van der Waals surface area contributed by atoms with E-state index in [-0.39, 0.29) is 0 Å². The van der Waals surface area contributed by atoms with Crippen molar-refractivity contribution in [1.29, 1.82) is 0 Å². The van der Waals surface area contributed by atoms with Crippen LogP contribution in [0.4, 0.5) is 4.39 Å². The fraction of sp³-hybridized carbons (Fsp3) is 0.143. The van der Waals surface area contributed by atoms with Gasteiger partial charge in [-0.05, 0) is 22.0 Å². The molecule has 1 nitrogen and oxygen atoms in total. The molecule has 0 saturated carbocycles. The standard InChI is InChI=1S/C7H5BrClFO/c1-11-6-3-4(9)2-5(10)7(6)8/h2-3H,1H3. The molecular formula is C7H5BrClFO. The second-order valence-corrected chi connectivity index (χ2v) is 3.13. The Kier molecular flexibility index (Phi) is 2.73. The maximum Gasteiger partial charge on any atom is 0.142 e. The molecule has 0 spiro atoms. The smallest absolute Gasteiger partial charge is 0.142 e. The second-order valence-electron chi connectivity index (χ2n) is 1.90. The lowest BCUT2D eigenvalue weighted by Crippen LogP contribution is -1.87. The van der Waals surface area contributed by atoms with Crippen LogP contribution in [-0.2, 0) is 0 Å². The van der Waals surface area contributed by atoms with Crippen LogP contribution in [0.15, 0.2) is 16.6 Å². The van der Waals surface area contributed by atoms with Crippen LogP contribution >= 0.6 is 27.5 Å². The lowest BCUT2D eigenvalue weighted by atomic mass is 10.3. The summed E-state index contributed by atoms with van der Waals surface area (Å²) >= 11 is 8.58. The van der Waals surface area contributed by atoms with Crippen LogP contribution in [-0.4, -0.2) is 7.11 Å². The van der Waals surface area contributed by atoms with Gasteiger partial charge in [0.2, 0.25) is 0 Å². The lowest BCUT2D eigenvalue weighted by Gasteiger charge is -2.03. The Labute approximate surface area is 77.2 Å². The van der Waals surface area contributed by atoms with Gasteiger partial charge in [-0.3, -0.25) is 0 Å². The Morgan fingerprint density at radius 3 is 2.73 bits per heavy atom. The van der Waals surface area contributed by atoms with E-state index in [0.29, 0.717) is 15.2 Å². The molecule has 0 saturated heterocycles. The van der Waals surface area contributed by atoms with Gasteiger partial charge in [0.25, 0.3) is 0 Å². The molecule has 1 aromatic rings. The maximum absolute atomic E-state index is 12.8. The molecule has 0 N–H and O–H groups in total.